The van der Waals surface area contributed by atoms with Crippen molar-refractivity contribution in [3.05, 3.63) is 0 Å². The number of esters is 1. The van der Waals surface area contributed by atoms with Crippen LogP contribution in [-0.4, -0.2) is 37.2 Å². The van der Waals surface area contributed by atoms with Gasteiger partial charge in [-0.1, -0.05) is 7.43 Å². The molecule has 13 heavy (non-hydrogen) atoms. The Kier molecular flexibility index (Phi) is 8.37. The number of carboxylic acid groups (broad SMARTS) is 1. The third-order valence-corrected chi connectivity index (χ3v) is 1.51. The van der Waals surface area contributed by atoms with Crippen molar-refractivity contribution in [2.75, 3.05) is 14.2 Å². The fourth-order valence-corrected chi connectivity index (χ4v) is 0.756. The van der Waals surface area contributed by atoms with Gasteiger partial charge in [-0.3, -0.25) is 9.59 Å². The Bertz CT molecular complexity index is 170. The molecule has 0 spiro atoms. The first-order valence-corrected chi connectivity index (χ1v) is 3.58. The minimum Gasteiger partial charge on any atom is -0.480 e. The topological polar surface area (TPSA) is 75.6 Å². The van der Waals surface area contributed by atoms with Crippen molar-refractivity contribution in [1.29, 1.82) is 0 Å². The van der Waals surface area contributed by atoms with E-state index in [1.165, 1.54) is 14.2 Å². The molecule has 5 nitrogen and oxygen atoms in total. The maximum absolute atomic E-state index is 10.6. The summed E-state index contributed by atoms with van der Waals surface area (Å²) in [4.78, 5) is 21.0. The molecule has 0 fully saturated rings. The van der Waals surface area contributed by atoms with Crippen molar-refractivity contribution < 1.29 is 19.4 Å². The SMILES string of the molecule is C.CN[C@@H](CCC(=O)OC)C(=O)O. The number of aliphatic carboxylic acids is 1. The van der Waals surface area contributed by atoms with Gasteiger partial charge in [0.1, 0.15) is 6.04 Å². The number of carbonyl (C=O) groups is 2. The van der Waals surface area contributed by atoms with Crippen LogP contribution in [0.1, 0.15) is 20.3 Å². The van der Waals surface area contributed by atoms with Crippen LogP contribution >= 0.6 is 0 Å². The monoisotopic (exact) mass is 191 g/mol. The molecule has 0 rings (SSSR count). The molecule has 0 aliphatic heterocycles. The summed E-state index contributed by atoms with van der Waals surface area (Å²) in [7, 11) is 2.81. The number of hydrogen-bond acceptors (Lipinski definition) is 4. The van der Waals surface area contributed by atoms with Crippen LogP contribution in [0, 0.1) is 0 Å². The number of methoxy groups -OCH3 is 1. The zero-order valence-electron chi connectivity index (χ0n) is 7.16. The lowest BCUT2D eigenvalue weighted by molar-refractivity contribution is -0.142. The van der Waals surface area contributed by atoms with E-state index in [9.17, 15) is 9.59 Å². The first-order chi connectivity index (χ1) is 5.61. The standard InChI is InChI=1S/C7H13NO4.CH4/c1-8-5(7(10)11)3-4-6(9)12-2;/h5,8H,3-4H2,1-2H3,(H,10,11);1H4/t5-;/m0./s1. The van der Waals surface area contributed by atoms with E-state index in [-0.39, 0.29) is 20.3 Å². The summed E-state index contributed by atoms with van der Waals surface area (Å²) in [5.41, 5.74) is 0. The number of nitrogens with one attached hydrogen (secondary N) is 1. The van der Waals surface area contributed by atoms with E-state index in [2.05, 4.69) is 10.1 Å². The van der Waals surface area contributed by atoms with Gasteiger partial charge in [-0.15, -0.1) is 0 Å². The first kappa shape index (κ1) is 14.4. The molecule has 78 valence electrons. The van der Waals surface area contributed by atoms with E-state index < -0.39 is 18.0 Å². The molecule has 0 radical (unpaired) electrons. The third-order valence-electron chi connectivity index (χ3n) is 1.51. The van der Waals surface area contributed by atoms with Crippen LogP contribution in [0.25, 0.3) is 0 Å². The molecule has 5 heteroatoms. The summed E-state index contributed by atoms with van der Waals surface area (Å²) < 4.78 is 4.37. The number of ether oxygens (including phenoxy) is 1. The van der Waals surface area contributed by atoms with Crippen LogP contribution in [-0.2, 0) is 14.3 Å². The molecular weight excluding hydrogens is 174 g/mol. The summed E-state index contributed by atoms with van der Waals surface area (Å²) in [5.74, 6) is -1.35. The number of likely N-dealkylation sites (N-methyl/N-ethyl adjacent to an activating group) is 1. The van der Waals surface area contributed by atoms with Crippen LogP contribution in [0.3, 0.4) is 0 Å². The number of carbonyl (C=O) groups excluding carboxylic acids is 1. The fraction of sp³-hybridized carbons (Fsp3) is 0.750. The maximum Gasteiger partial charge on any atom is 0.320 e. The van der Waals surface area contributed by atoms with Gasteiger partial charge in [0, 0.05) is 6.42 Å². The molecule has 0 aromatic rings. The first-order valence-electron chi connectivity index (χ1n) is 3.58. The molecule has 0 saturated heterocycles. The van der Waals surface area contributed by atoms with Gasteiger partial charge in [0.25, 0.3) is 0 Å². The molecule has 0 saturated carbocycles. The van der Waals surface area contributed by atoms with Gasteiger partial charge in [-0.25, -0.2) is 0 Å². The fourth-order valence-electron chi connectivity index (χ4n) is 0.756. The minimum absolute atomic E-state index is 0. The van der Waals surface area contributed by atoms with Crippen molar-refractivity contribution in [2.45, 2.75) is 26.3 Å². The van der Waals surface area contributed by atoms with E-state index in [1.54, 1.807) is 0 Å². The van der Waals surface area contributed by atoms with E-state index in [0.717, 1.165) is 0 Å². The summed E-state index contributed by atoms with van der Waals surface area (Å²) in [6.45, 7) is 0. The highest BCUT2D eigenvalue weighted by Crippen LogP contribution is 1.98. The maximum atomic E-state index is 10.6. The normalized spacial score (nSPS) is 11.2. The lowest BCUT2D eigenvalue weighted by Crippen LogP contribution is -2.34. The summed E-state index contributed by atoms with van der Waals surface area (Å²) in [6.07, 6.45) is 0.368. The lowest BCUT2D eigenvalue weighted by Gasteiger charge is -2.08. The predicted molar refractivity (Wildman–Crippen MR) is 48.5 cm³/mol. The summed E-state index contributed by atoms with van der Waals surface area (Å²) >= 11 is 0. The molecule has 0 bridgehead atoms. The second-order valence-electron chi connectivity index (χ2n) is 2.29. The van der Waals surface area contributed by atoms with Gasteiger partial charge in [-0.2, -0.15) is 0 Å². The van der Waals surface area contributed by atoms with Crippen molar-refractivity contribution in [2.24, 2.45) is 0 Å². The molecule has 0 aliphatic carbocycles. The predicted octanol–water partition coefficient (Wildman–Crippen LogP) is 0.248. The Hall–Kier alpha value is -1.10. The van der Waals surface area contributed by atoms with Gasteiger partial charge in [0.2, 0.25) is 0 Å². The average Bonchev–Trinajstić information content (AvgIpc) is 2.04. The molecule has 1 atom stereocenters. The van der Waals surface area contributed by atoms with Crippen LogP contribution in [0.5, 0.6) is 0 Å². The van der Waals surface area contributed by atoms with Crippen molar-refractivity contribution >= 4 is 11.9 Å². The molecule has 0 unspecified atom stereocenters. The number of carboxylic acids is 1. The quantitative estimate of drug-likeness (QED) is 0.609. The van der Waals surface area contributed by atoms with Crippen molar-refractivity contribution in [3.8, 4) is 0 Å². The molecule has 0 heterocycles. The molecular formula is C8H17NO4. The molecule has 0 amide bonds. The van der Waals surface area contributed by atoms with E-state index in [1.807, 2.05) is 0 Å². The van der Waals surface area contributed by atoms with Crippen LogP contribution < -0.4 is 5.32 Å². The Morgan fingerprint density at radius 1 is 1.54 bits per heavy atom. The van der Waals surface area contributed by atoms with Gasteiger partial charge in [0.05, 0.1) is 7.11 Å². The van der Waals surface area contributed by atoms with Crippen molar-refractivity contribution in [1.82, 2.24) is 5.32 Å². The smallest absolute Gasteiger partial charge is 0.320 e. The van der Waals surface area contributed by atoms with Gasteiger partial charge in [0.15, 0.2) is 0 Å². The summed E-state index contributed by atoms with van der Waals surface area (Å²) in [6, 6.07) is -0.677. The van der Waals surface area contributed by atoms with Gasteiger partial charge >= 0.3 is 11.9 Å². The minimum atomic E-state index is -0.957. The summed E-state index contributed by atoms with van der Waals surface area (Å²) in [5, 5.41) is 11.1. The van der Waals surface area contributed by atoms with E-state index in [0.29, 0.717) is 0 Å². The number of rotatable bonds is 5. The highest BCUT2D eigenvalue weighted by atomic mass is 16.5. The van der Waals surface area contributed by atoms with Gasteiger partial charge < -0.3 is 15.2 Å². The Labute approximate surface area is 78.1 Å². The molecule has 2 N–H and O–H groups in total. The average molecular weight is 191 g/mol. The van der Waals surface area contributed by atoms with Crippen molar-refractivity contribution in [3.63, 3.8) is 0 Å². The lowest BCUT2D eigenvalue weighted by atomic mass is 10.1. The zero-order chi connectivity index (χ0) is 9.56. The van der Waals surface area contributed by atoms with Crippen LogP contribution in [0.2, 0.25) is 0 Å². The van der Waals surface area contributed by atoms with E-state index >= 15 is 0 Å². The third kappa shape index (κ3) is 6.10. The second kappa shape index (κ2) is 7.54. The highest BCUT2D eigenvalue weighted by Gasteiger charge is 2.15. The molecule has 0 aliphatic rings. The van der Waals surface area contributed by atoms with Crippen LogP contribution in [0.15, 0.2) is 0 Å². The molecule has 0 aromatic carbocycles. The number of hydrogen-bond donors (Lipinski definition) is 2. The largest absolute Gasteiger partial charge is 0.480 e. The Morgan fingerprint density at radius 3 is 2.38 bits per heavy atom. The van der Waals surface area contributed by atoms with Crippen LogP contribution in [0.4, 0.5) is 0 Å². The highest BCUT2D eigenvalue weighted by molar-refractivity contribution is 5.75. The molecule has 0 aromatic heterocycles. The Balaban J connectivity index is 0. The zero-order valence-corrected chi connectivity index (χ0v) is 7.16. The Morgan fingerprint density at radius 2 is 2.08 bits per heavy atom. The van der Waals surface area contributed by atoms with Gasteiger partial charge in [-0.05, 0) is 13.5 Å². The second-order valence-corrected chi connectivity index (χ2v) is 2.29. The van der Waals surface area contributed by atoms with E-state index in [4.69, 9.17) is 5.11 Å².